The highest BCUT2D eigenvalue weighted by Gasteiger charge is 2.16. The third-order valence-corrected chi connectivity index (χ3v) is 5.20. The molecule has 4 rings (SSSR count). The smallest absolute Gasteiger partial charge is 0.322 e. The second-order valence-electron chi connectivity index (χ2n) is 6.80. The zero-order valence-electron chi connectivity index (χ0n) is 16.4. The Morgan fingerprint density at radius 2 is 1.71 bits per heavy atom. The normalized spacial score (nSPS) is 11.9. The monoisotopic (exact) mass is 376 g/mol. The van der Waals surface area contributed by atoms with Crippen molar-refractivity contribution >= 4 is 34.2 Å². The van der Waals surface area contributed by atoms with Crippen molar-refractivity contribution in [3.05, 3.63) is 68.8 Å². The second kappa shape index (κ2) is 6.60. The zero-order chi connectivity index (χ0) is 20.0. The highest BCUT2D eigenvalue weighted by atomic mass is 16.2. The number of pyridine rings is 1. The topological polar surface area (TPSA) is 65.7 Å². The Balaban J connectivity index is 1.89. The number of rotatable bonds is 3. The molecule has 7 nitrogen and oxygen atoms in total. The Kier molecular flexibility index (Phi) is 4.22. The van der Waals surface area contributed by atoms with E-state index in [1.54, 1.807) is 18.7 Å². The van der Waals surface area contributed by atoms with Crippen molar-refractivity contribution in [1.29, 1.82) is 0 Å². The number of aryl methyl sites for hydroxylation is 3. The molecule has 0 saturated heterocycles. The van der Waals surface area contributed by atoms with Gasteiger partial charge >= 0.3 is 5.69 Å². The van der Waals surface area contributed by atoms with Crippen LogP contribution >= 0.6 is 0 Å². The number of aromatic nitrogens is 5. The molecule has 0 aliphatic rings. The van der Waals surface area contributed by atoms with Crippen LogP contribution < -0.4 is 15.8 Å². The summed E-state index contributed by atoms with van der Waals surface area (Å²) in [7, 11) is 4.89. The van der Waals surface area contributed by atoms with Crippen LogP contribution in [0.15, 0.2) is 46.0 Å². The first-order chi connectivity index (χ1) is 13.4. The van der Waals surface area contributed by atoms with E-state index in [9.17, 15) is 9.59 Å². The van der Waals surface area contributed by atoms with Gasteiger partial charge in [-0.05, 0) is 25.1 Å². The highest BCUT2D eigenvalue weighted by molar-refractivity contribution is 5.78. The summed E-state index contributed by atoms with van der Waals surface area (Å²) in [6, 6.07) is 12.4. The van der Waals surface area contributed by atoms with E-state index in [-0.39, 0.29) is 11.2 Å². The quantitative estimate of drug-likeness (QED) is 0.510. The maximum atomic E-state index is 12.5. The van der Waals surface area contributed by atoms with Gasteiger partial charge in [0.2, 0.25) is 11.2 Å². The predicted molar refractivity (Wildman–Crippen MR) is 110 cm³/mol. The molecular weight excluding hydrogens is 354 g/mol. The van der Waals surface area contributed by atoms with Gasteiger partial charge in [0.25, 0.3) is 5.56 Å². The van der Waals surface area contributed by atoms with Gasteiger partial charge in [0.05, 0.1) is 0 Å². The molecule has 0 bridgehead atoms. The van der Waals surface area contributed by atoms with Crippen LogP contribution in [-0.4, -0.2) is 18.7 Å². The van der Waals surface area contributed by atoms with Crippen LogP contribution in [0.2, 0.25) is 0 Å². The molecule has 0 radical (unpaired) electrons. The summed E-state index contributed by atoms with van der Waals surface area (Å²) >= 11 is 0. The van der Waals surface area contributed by atoms with Gasteiger partial charge in [0.15, 0.2) is 11.2 Å². The van der Waals surface area contributed by atoms with Gasteiger partial charge in [-0.3, -0.25) is 13.9 Å². The summed E-state index contributed by atoms with van der Waals surface area (Å²) in [6.45, 7) is 2.94. The SMILES string of the molecule is CC[n+]1c(/C=C/c2nc3c(c(=O)n(C)c(=O)n3C)n2C)ccc2ccccc21. The number of nitrogens with zero attached hydrogens (tertiary/aromatic N) is 5. The minimum Gasteiger partial charge on any atom is -0.322 e. The fourth-order valence-corrected chi connectivity index (χ4v) is 3.62. The van der Waals surface area contributed by atoms with E-state index in [1.165, 1.54) is 17.0 Å². The van der Waals surface area contributed by atoms with Crippen molar-refractivity contribution in [2.24, 2.45) is 21.1 Å². The molecule has 142 valence electrons. The summed E-state index contributed by atoms with van der Waals surface area (Å²) in [5.74, 6) is 0.615. The van der Waals surface area contributed by atoms with Crippen LogP contribution in [0.5, 0.6) is 0 Å². The number of benzene rings is 1. The van der Waals surface area contributed by atoms with E-state index in [1.807, 2.05) is 24.3 Å². The van der Waals surface area contributed by atoms with Gasteiger partial charge in [0, 0.05) is 44.7 Å². The van der Waals surface area contributed by atoms with Gasteiger partial charge < -0.3 is 4.57 Å². The number of imidazole rings is 1. The molecule has 4 aromatic rings. The summed E-state index contributed by atoms with van der Waals surface area (Å²) in [5, 5.41) is 1.18. The Morgan fingerprint density at radius 1 is 0.964 bits per heavy atom. The average molecular weight is 376 g/mol. The van der Waals surface area contributed by atoms with E-state index in [0.29, 0.717) is 17.0 Å². The number of para-hydroxylation sites is 1. The molecule has 0 atom stereocenters. The lowest BCUT2D eigenvalue weighted by Crippen LogP contribution is -2.37. The second-order valence-corrected chi connectivity index (χ2v) is 6.80. The molecule has 7 heteroatoms. The zero-order valence-corrected chi connectivity index (χ0v) is 16.4. The van der Waals surface area contributed by atoms with E-state index in [2.05, 4.69) is 40.7 Å². The average Bonchev–Trinajstić information content (AvgIpc) is 3.05. The molecule has 0 unspecified atom stereocenters. The van der Waals surface area contributed by atoms with E-state index < -0.39 is 0 Å². The first-order valence-corrected chi connectivity index (χ1v) is 9.16. The van der Waals surface area contributed by atoms with Crippen molar-refractivity contribution in [3.63, 3.8) is 0 Å². The Morgan fingerprint density at radius 3 is 2.46 bits per heavy atom. The Bertz CT molecular complexity index is 1370. The largest absolute Gasteiger partial charge is 0.332 e. The first kappa shape index (κ1) is 17.9. The van der Waals surface area contributed by atoms with Crippen LogP contribution in [0, 0.1) is 0 Å². The molecule has 0 aliphatic carbocycles. The van der Waals surface area contributed by atoms with E-state index >= 15 is 0 Å². The van der Waals surface area contributed by atoms with Crippen molar-refractivity contribution in [1.82, 2.24) is 18.7 Å². The van der Waals surface area contributed by atoms with Crippen molar-refractivity contribution in [2.45, 2.75) is 13.5 Å². The van der Waals surface area contributed by atoms with Gasteiger partial charge in [-0.25, -0.2) is 9.78 Å². The van der Waals surface area contributed by atoms with Gasteiger partial charge in [-0.2, -0.15) is 4.57 Å². The van der Waals surface area contributed by atoms with Crippen LogP contribution in [0.4, 0.5) is 0 Å². The van der Waals surface area contributed by atoms with Crippen LogP contribution in [0.3, 0.4) is 0 Å². The minimum absolute atomic E-state index is 0.345. The molecule has 28 heavy (non-hydrogen) atoms. The van der Waals surface area contributed by atoms with Crippen LogP contribution in [0.25, 0.3) is 34.2 Å². The fraction of sp³-hybridized carbons (Fsp3) is 0.238. The Labute approximate surface area is 161 Å². The van der Waals surface area contributed by atoms with Crippen LogP contribution in [-0.2, 0) is 27.7 Å². The Hall–Kier alpha value is -3.48. The third kappa shape index (κ3) is 2.58. The lowest BCUT2D eigenvalue weighted by atomic mass is 10.2. The first-order valence-electron chi connectivity index (χ1n) is 9.16. The molecule has 0 spiro atoms. The maximum Gasteiger partial charge on any atom is 0.332 e. The van der Waals surface area contributed by atoms with E-state index in [4.69, 9.17) is 0 Å². The molecule has 1 aromatic carbocycles. The summed E-state index contributed by atoms with van der Waals surface area (Å²) in [4.78, 5) is 29.2. The maximum absolute atomic E-state index is 12.5. The van der Waals surface area contributed by atoms with Crippen molar-refractivity contribution in [3.8, 4) is 0 Å². The van der Waals surface area contributed by atoms with Crippen LogP contribution in [0.1, 0.15) is 18.4 Å². The highest BCUT2D eigenvalue weighted by Crippen LogP contribution is 2.14. The van der Waals surface area contributed by atoms with Gasteiger partial charge in [0.1, 0.15) is 12.4 Å². The molecular formula is C21H22N5O2+. The van der Waals surface area contributed by atoms with Gasteiger partial charge in [-0.1, -0.05) is 12.1 Å². The number of hydrogen-bond acceptors (Lipinski definition) is 3. The molecule has 0 amide bonds. The number of fused-ring (bicyclic) bond motifs is 2. The minimum atomic E-state index is -0.385. The molecule has 3 aromatic heterocycles. The number of hydrogen-bond donors (Lipinski definition) is 0. The molecule has 0 aliphatic heterocycles. The summed E-state index contributed by atoms with van der Waals surface area (Å²) in [6.07, 6.45) is 3.86. The fourth-order valence-electron chi connectivity index (χ4n) is 3.62. The summed E-state index contributed by atoms with van der Waals surface area (Å²) in [5.41, 5.74) is 2.26. The van der Waals surface area contributed by atoms with Gasteiger partial charge in [-0.15, -0.1) is 0 Å². The lowest BCUT2D eigenvalue weighted by molar-refractivity contribution is -0.669. The molecule has 0 N–H and O–H groups in total. The third-order valence-electron chi connectivity index (χ3n) is 5.20. The molecule has 0 saturated carbocycles. The summed E-state index contributed by atoms with van der Waals surface area (Å²) < 4.78 is 6.45. The molecule has 3 heterocycles. The van der Waals surface area contributed by atoms with E-state index in [0.717, 1.165) is 22.3 Å². The molecule has 0 fully saturated rings. The lowest BCUT2D eigenvalue weighted by Gasteiger charge is -2.03. The van der Waals surface area contributed by atoms with Crippen molar-refractivity contribution in [2.75, 3.05) is 0 Å². The standard InChI is InChI=1S/C21H22N5O2/c1-5-26-15(11-10-14-8-6-7-9-16(14)26)12-13-17-22-19-18(23(17)2)20(27)25(4)21(28)24(19)3/h6-13H,5H2,1-4H3/q+1. The predicted octanol–water partition coefficient (Wildman–Crippen LogP) is 1.60. The van der Waals surface area contributed by atoms with Crippen molar-refractivity contribution < 1.29 is 4.57 Å².